The minimum atomic E-state index is 0.473. The molecule has 1 aromatic carbocycles. The molecule has 0 radical (unpaired) electrons. The van der Waals surface area contributed by atoms with Gasteiger partial charge in [-0.15, -0.1) is 0 Å². The standard InChI is InChI=1S/C10H10N2.C7H8N4.C2H6/c11-7-9-6-5-8-3-1-2-4-10(8)12-9;8-2-6-1-5-3-10-11-7(5)4-9-6;1-2/h1-6H,7,11H2;1,3-4H,2,8H2,(H,10,11);1-2H3. The Balaban J connectivity index is 0.000000165. The van der Waals surface area contributed by atoms with Crippen molar-refractivity contribution < 1.29 is 0 Å². The van der Waals surface area contributed by atoms with Gasteiger partial charge in [0.1, 0.15) is 0 Å². The summed E-state index contributed by atoms with van der Waals surface area (Å²) in [4.78, 5) is 8.47. The molecule has 3 aromatic heterocycles. The van der Waals surface area contributed by atoms with E-state index in [1.54, 1.807) is 12.4 Å². The van der Waals surface area contributed by atoms with Crippen molar-refractivity contribution in [2.75, 3.05) is 0 Å². The monoisotopic (exact) mass is 336 g/mol. The van der Waals surface area contributed by atoms with Crippen LogP contribution in [0.15, 0.2) is 54.9 Å². The fraction of sp³-hybridized carbons (Fsp3) is 0.211. The van der Waals surface area contributed by atoms with Crippen LogP contribution in [-0.2, 0) is 13.1 Å². The van der Waals surface area contributed by atoms with Gasteiger partial charge in [0.25, 0.3) is 0 Å². The predicted molar refractivity (Wildman–Crippen MR) is 103 cm³/mol. The highest BCUT2D eigenvalue weighted by atomic mass is 15.1. The lowest BCUT2D eigenvalue weighted by atomic mass is 10.2. The van der Waals surface area contributed by atoms with Crippen LogP contribution in [0, 0.1) is 0 Å². The molecule has 0 fully saturated rings. The summed E-state index contributed by atoms with van der Waals surface area (Å²) in [5, 5.41) is 8.91. The molecule has 25 heavy (non-hydrogen) atoms. The molecule has 3 heterocycles. The van der Waals surface area contributed by atoms with Gasteiger partial charge in [0.2, 0.25) is 0 Å². The maximum Gasteiger partial charge on any atom is 0.0833 e. The molecule has 0 aliphatic rings. The van der Waals surface area contributed by atoms with Gasteiger partial charge in [-0.2, -0.15) is 5.10 Å². The van der Waals surface area contributed by atoms with Gasteiger partial charge in [-0.25, -0.2) is 0 Å². The summed E-state index contributed by atoms with van der Waals surface area (Å²) in [6, 6.07) is 14.0. The second-order valence-electron chi connectivity index (χ2n) is 5.04. The molecular weight excluding hydrogens is 312 g/mol. The summed E-state index contributed by atoms with van der Waals surface area (Å²) in [5.74, 6) is 0. The molecule has 0 saturated heterocycles. The number of aromatic amines is 1. The van der Waals surface area contributed by atoms with E-state index in [0.717, 1.165) is 33.2 Å². The zero-order chi connectivity index (χ0) is 18.1. The van der Waals surface area contributed by atoms with Crippen LogP contribution in [-0.4, -0.2) is 20.2 Å². The van der Waals surface area contributed by atoms with Gasteiger partial charge in [0, 0.05) is 23.9 Å². The number of rotatable bonds is 2. The number of H-pyrrole nitrogens is 1. The zero-order valence-electron chi connectivity index (χ0n) is 14.6. The summed E-state index contributed by atoms with van der Waals surface area (Å²) in [5.41, 5.74) is 14.7. The number of hydrogen-bond donors (Lipinski definition) is 3. The Bertz CT molecular complexity index is 916. The second-order valence-corrected chi connectivity index (χ2v) is 5.04. The lowest BCUT2D eigenvalue weighted by Gasteiger charge is -1.98. The third kappa shape index (κ3) is 4.82. The predicted octanol–water partition coefficient (Wildman–Crippen LogP) is 3.14. The van der Waals surface area contributed by atoms with Crippen LogP contribution in [0.1, 0.15) is 25.2 Å². The number of nitrogens with two attached hydrogens (primary N) is 2. The van der Waals surface area contributed by atoms with Crippen LogP contribution in [0.3, 0.4) is 0 Å². The SMILES string of the molecule is CC.NCc1cc2cn[nH]c2cn1.NCc1ccc2ccccc2n1. The summed E-state index contributed by atoms with van der Waals surface area (Å²) in [7, 11) is 0. The van der Waals surface area contributed by atoms with E-state index in [2.05, 4.69) is 20.2 Å². The van der Waals surface area contributed by atoms with E-state index >= 15 is 0 Å². The first-order valence-corrected chi connectivity index (χ1v) is 8.33. The van der Waals surface area contributed by atoms with E-state index in [4.69, 9.17) is 11.5 Å². The van der Waals surface area contributed by atoms with Crippen LogP contribution in [0.2, 0.25) is 0 Å². The number of nitrogens with one attached hydrogen (secondary N) is 1. The largest absolute Gasteiger partial charge is 0.325 e. The Labute approximate surface area is 147 Å². The number of aromatic nitrogens is 4. The maximum absolute atomic E-state index is 5.48. The first-order chi connectivity index (χ1) is 12.3. The normalized spacial score (nSPS) is 9.92. The minimum absolute atomic E-state index is 0.473. The molecule has 0 spiro atoms. The van der Waals surface area contributed by atoms with E-state index in [1.807, 2.05) is 56.3 Å². The molecule has 6 heteroatoms. The lowest BCUT2D eigenvalue weighted by molar-refractivity contribution is 0.996. The van der Waals surface area contributed by atoms with Crippen molar-refractivity contribution in [3.05, 3.63) is 66.2 Å². The Morgan fingerprint density at radius 3 is 2.40 bits per heavy atom. The smallest absolute Gasteiger partial charge is 0.0833 e. The molecule has 0 saturated carbocycles. The quantitative estimate of drug-likeness (QED) is 0.521. The van der Waals surface area contributed by atoms with E-state index in [0.29, 0.717) is 13.1 Å². The number of pyridine rings is 2. The first-order valence-electron chi connectivity index (χ1n) is 8.33. The molecule has 0 unspecified atom stereocenters. The average Bonchev–Trinajstić information content (AvgIpc) is 3.17. The molecule has 0 aliphatic carbocycles. The van der Waals surface area contributed by atoms with E-state index in [1.165, 1.54) is 0 Å². The van der Waals surface area contributed by atoms with Gasteiger partial charge < -0.3 is 11.5 Å². The Hall–Kier alpha value is -2.83. The summed E-state index contributed by atoms with van der Waals surface area (Å²) < 4.78 is 0. The number of nitrogens with zero attached hydrogens (tertiary/aromatic N) is 3. The average molecular weight is 336 g/mol. The highest BCUT2D eigenvalue weighted by Crippen LogP contribution is 2.11. The van der Waals surface area contributed by atoms with Crippen LogP contribution >= 0.6 is 0 Å². The molecule has 0 atom stereocenters. The highest BCUT2D eigenvalue weighted by Gasteiger charge is 1.96. The molecule has 4 rings (SSSR count). The van der Waals surface area contributed by atoms with Crippen molar-refractivity contribution in [2.24, 2.45) is 11.5 Å². The fourth-order valence-electron chi connectivity index (χ4n) is 2.22. The van der Waals surface area contributed by atoms with E-state index in [-0.39, 0.29) is 0 Å². The van der Waals surface area contributed by atoms with E-state index in [9.17, 15) is 0 Å². The third-order valence-corrected chi connectivity index (χ3v) is 3.46. The number of benzene rings is 1. The van der Waals surface area contributed by atoms with Gasteiger partial charge in [-0.3, -0.25) is 15.1 Å². The molecule has 0 amide bonds. The fourth-order valence-corrected chi connectivity index (χ4v) is 2.22. The van der Waals surface area contributed by atoms with Crippen LogP contribution < -0.4 is 11.5 Å². The Kier molecular flexibility index (Phi) is 7.00. The number of para-hydroxylation sites is 1. The molecule has 0 bridgehead atoms. The van der Waals surface area contributed by atoms with Gasteiger partial charge >= 0.3 is 0 Å². The minimum Gasteiger partial charge on any atom is -0.325 e. The van der Waals surface area contributed by atoms with Gasteiger partial charge in [-0.1, -0.05) is 38.1 Å². The number of hydrogen-bond acceptors (Lipinski definition) is 5. The van der Waals surface area contributed by atoms with Crippen LogP contribution in [0.4, 0.5) is 0 Å². The van der Waals surface area contributed by atoms with Crippen molar-refractivity contribution in [2.45, 2.75) is 26.9 Å². The molecule has 130 valence electrons. The van der Waals surface area contributed by atoms with Crippen molar-refractivity contribution in [3.63, 3.8) is 0 Å². The highest BCUT2D eigenvalue weighted by molar-refractivity contribution is 5.78. The number of fused-ring (bicyclic) bond motifs is 2. The van der Waals surface area contributed by atoms with Crippen molar-refractivity contribution in [1.82, 2.24) is 20.2 Å². The summed E-state index contributed by atoms with van der Waals surface area (Å²) in [6.07, 6.45) is 3.50. The molecule has 0 aliphatic heterocycles. The van der Waals surface area contributed by atoms with Gasteiger partial charge in [0.15, 0.2) is 0 Å². The molecule has 6 nitrogen and oxygen atoms in total. The van der Waals surface area contributed by atoms with Crippen molar-refractivity contribution in [1.29, 1.82) is 0 Å². The molecule has 5 N–H and O–H groups in total. The Morgan fingerprint density at radius 1 is 0.880 bits per heavy atom. The van der Waals surface area contributed by atoms with Crippen molar-refractivity contribution in [3.8, 4) is 0 Å². The lowest BCUT2D eigenvalue weighted by Crippen LogP contribution is -1.98. The molecular formula is C19H24N6. The van der Waals surface area contributed by atoms with E-state index < -0.39 is 0 Å². The van der Waals surface area contributed by atoms with Gasteiger partial charge in [-0.05, 0) is 18.2 Å². The zero-order valence-corrected chi connectivity index (χ0v) is 14.6. The Morgan fingerprint density at radius 2 is 1.64 bits per heavy atom. The summed E-state index contributed by atoms with van der Waals surface area (Å²) in [6.45, 7) is 4.98. The summed E-state index contributed by atoms with van der Waals surface area (Å²) >= 11 is 0. The van der Waals surface area contributed by atoms with Gasteiger partial charge in [0.05, 0.1) is 34.8 Å². The van der Waals surface area contributed by atoms with Crippen LogP contribution in [0.25, 0.3) is 21.8 Å². The van der Waals surface area contributed by atoms with Crippen molar-refractivity contribution >= 4 is 21.8 Å². The van der Waals surface area contributed by atoms with Crippen LogP contribution in [0.5, 0.6) is 0 Å². The first kappa shape index (κ1) is 18.5. The topological polar surface area (TPSA) is 106 Å². The maximum atomic E-state index is 5.48. The second kappa shape index (κ2) is 9.46. The third-order valence-electron chi connectivity index (χ3n) is 3.46. The molecule has 4 aromatic rings.